The molecule has 1 fully saturated rings. The predicted octanol–water partition coefficient (Wildman–Crippen LogP) is 3.61. The van der Waals surface area contributed by atoms with Gasteiger partial charge in [-0.2, -0.15) is 0 Å². The Morgan fingerprint density at radius 1 is 1.57 bits per heavy atom. The highest BCUT2D eigenvalue weighted by Gasteiger charge is 2.39. The van der Waals surface area contributed by atoms with Crippen molar-refractivity contribution in [2.24, 2.45) is 11.3 Å². The van der Waals surface area contributed by atoms with E-state index < -0.39 is 0 Å². The van der Waals surface area contributed by atoms with Crippen LogP contribution in [0.3, 0.4) is 0 Å². The van der Waals surface area contributed by atoms with Gasteiger partial charge >= 0.3 is 0 Å². The van der Waals surface area contributed by atoms with Crippen LogP contribution < -0.4 is 0 Å². The van der Waals surface area contributed by atoms with Gasteiger partial charge in [-0.05, 0) is 35.6 Å². The summed E-state index contributed by atoms with van der Waals surface area (Å²) in [6.45, 7) is 4.56. The molecule has 0 saturated heterocycles. The van der Waals surface area contributed by atoms with Gasteiger partial charge in [-0.1, -0.05) is 26.3 Å². The molecule has 1 N–H and O–H groups in total. The molecule has 0 bridgehead atoms. The number of aliphatic hydroxyl groups excluding tert-OH is 1. The fraction of sp³-hybridized carbons (Fsp3) is 0.667. The van der Waals surface area contributed by atoms with E-state index in [2.05, 4.69) is 13.8 Å². The molecule has 78 valence electrons. The second-order valence-corrected chi connectivity index (χ2v) is 5.93. The van der Waals surface area contributed by atoms with E-state index >= 15 is 0 Å². The van der Waals surface area contributed by atoms with Crippen molar-refractivity contribution in [3.63, 3.8) is 0 Å². The first-order chi connectivity index (χ1) is 6.61. The molecule has 0 aliphatic heterocycles. The van der Waals surface area contributed by atoms with Crippen LogP contribution in [-0.2, 0) is 0 Å². The lowest BCUT2D eigenvalue weighted by Gasteiger charge is -2.30. The number of hydrogen-bond donors (Lipinski definition) is 1. The summed E-state index contributed by atoms with van der Waals surface area (Å²) in [5, 5.41) is 12.3. The maximum absolute atomic E-state index is 10.3. The van der Waals surface area contributed by atoms with Gasteiger partial charge in [0.05, 0.1) is 6.10 Å². The minimum atomic E-state index is -0.243. The molecule has 1 aliphatic carbocycles. The lowest BCUT2D eigenvalue weighted by molar-refractivity contribution is 0.0558. The maximum Gasteiger partial charge on any atom is 0.0915 e. The van der Waals surface area contributed by atoms with Crippen LogP contribution in [0.15, 0.2) is 17.5 Å². The zero-order valence-corrected chi connectivity index (χ0v) is 9.68. The smallest absolute Gasteiger partial charge is 0.0915 e. The van der Waals surface area contributed by atoms with Gasteiger partial charge in [-0.15, -0.1) is 11.3 Å². The lowest BCUT2D eigenvalue weighted by Crippen LogP contribution is -2.23. The highest BCUT2D eigenvalue weighted by Crippen LogP contribution is 2.49. The SMILES string of the molecule is CC1(C)CCCC1C(O)c1cccs1. The largest absolute Gasteiger partial charge is 0.387 e. The summed E-state index contributed by atoms with van der Waals surface area (Å²) in [5.74, 6) is 0.446. The van der Waals surface area contributed by atoms with E-state index in [1.54, 1.807) is 11.3 Å². The summed E-state index contributed by atoms with van der Waals surface area (Å²) in [6.07, 6.45) is 3.44. The Kier molecular flexibility index (Phi) is 2.67. The highest BCUT2D eigenvalue weighted by atomic mass is 32.1. The van der Waals surface area contributed by atoms with E-state index in [0.717, 1.165) is 4.88 Å². The van der Waals surface area contributed by atoms with E-state index in [-0.39, 0.29) is 6.10 Å². The second-order valence-electron chi connectivity index (χ2n) is 4.95. The molecule has 0 spiro atoms. The third-order valence-corrected chi connectivity index (χ3v) is 4.50. The van der Waals surface area contributed by atoms with Crippen molar-refractivity contribution in [2.45, 2.75) is 39.2 Å². The van der Waals surface area contributed by atoms with E-state index in [9.17, 15) is 5.11 Å². The molecule has 1 aliphatic rings. The van der Waals surface area contributed by atoms with Crippen molar-refractivity contribution >= 4 is 11.3 Å². The fourth-order valence-electron chi connectivity index (χ4n) is 2.60. The third-order valence-electron chi connectivity index (χ3n) is 3.56. The van der Waals surface area contributed by atoms with E-state index in [4.69, 9.17) is 0 Å². The summed E-state index contributed by atoms with van der Waals surface area (Å²) < 4.78 is 0. The van der Waals surface area contributed by atoms with Gasteiger partial charge < -0.3 is 5.11 Å². The number of aliphatic hydroxyl groups is 1. The number of hydrogen-bond acceptors (Lipinski definition) is 2. The van der Waals surface area contributed by atoms with Crippen LogP contribution in [0.1, 0.15) is 44.1 Å². The van der Waals surface area contributed by atoms with Crippen LogP contribution >= 0.6 is 11.3 Å². The molecule has 1 aromatic heterocycles. The fourth-order valence-corrected chi connectivity index (χ4v) is 3.37. The molecular weight excluding hydrogens is 192 g/mol. The van der Waals surface area contributed by atoms with Crippen molar-refractivity contribution in [2.75, 3.05) is 0 Å². The molecule has 1 aromatic rings. The number of rotatable bonds is 2. The quantitative estimate of drug-likeness (QED) is 0.790. The van der Waals surface area contributed by atoms with Crippen LogP contribution in [0.4, 0.5) is 0 Å². The Balaban J connectivity index is 2.16. The summed E-state index contributed by atoms with van der Waals surface area (Å²) >= 11 is 1.67. The zero-order chi connectivity index (χ0) is 10.2. The van der Waals surface area contributed by atoms with Crippen LogP contribution in [-0.4, -0.2) is 5.11 Å². The molecule has 0 amide bonds. The molecule has 1 saturated carbocycles. The van der Waals surface area contributed by atoms with Crippen LogP contribution in [0.2, 0.25) is 0 Å². The van der Waals surface area contributed by atoms with Crippen molar-refractivity contribution in [1.29, 1.82) is 0 Å². The topological polar surface area (TPSA) is 20.2 Å². The van der Waals surface area contributed by atoms with Crippen molar-refractivity contribution in [3.05, 3.63) is 22.4 Å². The van der Waals surface area contributed by atoms with Gasteiger partial charge in [0.25, 0.3) is 0 Å². The van der Waals surface area contributed by atoms with Crippen molar-refractivity contribution in [3.8, 4) is 0 Å². The van der Waals surface area contributed by atoms with Gasteiger partial charge in [-0.25, -0.2) is 0 Å². The van der Waals surface area contributed by atoms with Crippen LogP contribution in [0.25, 0.3) is 0 Å². The van der Waals surface area contributed by atoms with Crippen LogP contribution in [0, 0.1) is 11.3 Å². The molecule has 2 heteroatoms. The first-order valence-corrected chi connectivity index (χ1v) is 6.21. The monoisotopic (exact) mass is 210 g/mol. The molecule has 2 atom stereocenters. The first-order valence-electron chi connectivity index (χ1n) is 5.33. The average molecular weight is 210 g/mol. The molecule has 2 rings (SSSR count). The second kappa shape index (κ2) is 3.67. The Morgan fingerprint density at radius 3 is 2.86 bits per heavy atom. The normalized spacial score (nSPS) is 27.8. The molecule has 2 unspecified atom stereocenters. The number of thiophene rings is 1. The third kappa shape index (κ3) is 1.73. The van der Waals surface area contributed by atoms with Gasteiger partial charge in [0, 0.05) is 4.88 Å². The van der Waals surface area contributed by atoms with Gasteiger partial charge in [0.2, 0.25) is 0 Å². The van der Waals surface area contributed by atoms with E-state index in [1.165, 1.54) is 19.3 Å². The van der Waals surface area contributed by atoms with Gasteiger partial charge in [-0.3, -0.25) is 0 Å². The van der Waals surface area contributed by atoms with Gasteiger partial charge in [0.1, 0.15) is 0 Å². The molecule has 0 aromatic carbocycles. The molecule has 1 heterocycles. The zero-order valence-electron chi connectivity index (χ0n) is 8.86. The first kappa shape index (κ1) is 10.2. The minimum absolute atomic E-state index is 0.243. The van der Waals surface area contributed by atoms with Gasteiger partial charge in [0.15, 0.2) is 0 Å². The van der Waals surface area contributed by atoms with E-state index in [0.29, 0.717) is 11.3 Å². The maximum atomic E-state index is 10.3. The van der Waals surface area contributed by atoms with Crippen LogP contribution in [0.5, 0.6) is 0 Å². The Labute approximate surface area is 89.8 Å². The minimum Gasteiger partial charge on any atom is -0.387 e. The predicted molar refractivity (Wildman–Crippen MR) is 60.4 cm³/mol. The Hall–Kier alpha value is -0.340. The summed E-state index contributed by atoms with van der Waals surface area (Å²) in [5.41, 5.74) is 0.309. The van der Waals surface area contributed by atoms with E-state index in [1.807, 2.05) is 17.5 Å². The summed E-state index contributed by atoms with van der Waals surface area (Å²) in [4.78, 5) is 1.13. The Bertz CT molecular complexity index is 289. The molecule has 1 nitrogen and oxygen atoms in total. The lowest BCUT2D eigenvalue weighted by atomic mass is 9.78. The summed E-state index contributed by atoms with van der Waals surface area (Å²) in [6, 6.07) is 4.06. The molecule has 14 heavy (non-hydrogen) atoms. The van der Waals surface area contributed by atoms with Crippen molar-refractivity contribution in [1.82, 2.24) is 0 Å². The summed E-state index contributed by atoms with van der Waals surface area (Å²) in [7, 11) is 0. The molecule has 0 radical (unpaired) electrons. The molecular formula is C12H18OS. The standard InChI is InChI=1S/C12H18OS/c1-12(2)7-3-5-9(12)11(13)10-6-4-8-14-10/h4,6,8-9,11,13H,3,5,7H2,1-2H3. The highest BCUT2D eigenvalue weighted by molar-refractivity contribution is 7.10. The average Bonchev–Trinajstić information content (AvgIpc) is 2.71. The Morgan fingerprint density at radius 2 is 2.36 bits per heavy atom. The van der Waals surface area contributed by atoms with Crippen molar-refractivity contribution < 1.29 is 5.11 Å².